The van der Waals surface area contributed by atoms with Gasteiger partial charge in [-0.2, -0.15) is 13.2 Å². The molecule has 1 N–H and O–H groups in total. The Morgan fingerprint density at radius 3 is 2.30 bits per heavy atom. The predicted molar refractivity (Wildman–Crippen MR) is 77.6 cm³/mol. The first-order valence-electron chi connectivity index (χ1n) is 6.03. The van der Waals surface area contributed by atoms with Crippen molar-refractivity contribution >= 4 is 21.6 Å². The second-order valence-corrected chi connectivity index (χ2v) is 5.28. The van der Waals surface area contributed by atoms with Gasteiger partial charge in [-0.1, -0.05) is 24.3 Å². The lowest BCUT2D eigenvalue weighted by Crippen LogP contribution is -2.05. The van der Waals surface area contributed by atoms with Gasteiger partial charge in [-0.05, 0) is 52.2 Å². The van der Waals surface area contributed by atoms with Gasteiger partial charge in [0, 0.05) is 16.7 Å². The molecular weight excluding hydrogens is 331 g/mol. The molecule has 0 atom stereocenters. The number of nitrogens with one attached hydrogen (secondary N) is 1. The molecule has 0 radical (unpaired) electrons. The first-order valence-corrected chi connectivity index (χ1v) is 6.82. The van der Waals surface area contributed by atoms with Crippen molar-refractivity contribution in [2.45, 2.75) is 19.6 Å². The fourth-order valence-electron chi connectivity index (χ4n) is 1.79. The Balaban J connectivity index is 2.06. The van der Waals surface area contributed by atoms with Gasteiger partial charge in [0.25, 0.3) is 0 Å². The molecule has 0 aliphatic rings. The lowest BCUT2D eigenvalue weighted by molar-refractivity contribution is -0.137. The molecule has 0 fully saturated rings. The zero-order valence-corrected chi connectivity index (χ0v) is 12.3. The van der Waals surface area contributed by atoms with Crippen LogP contribution in [0.2, 0.25) is 0 Å². The number of hydrogen-bond acceptors (Lipinski definition) is 1. The number of halogens is 4. The van der Waals surface area contributed by atoms with Gasteiger partial charge in [0.05, 0.1) is 5.56 Å². The minimum atomic E-state index is -4.29. The maximum Gasteiger partial charge on any atom is 0.416 e. The average molecular weight is 344 g/mol. The molecule has 0 spiro atoms. The number of aryl methyl sites for hydroxylation is 1. The Bertz CT molecular complexity index is 591. The van der Waals surface area contributed by atoms with Crippen molar-refractivity contribution < 1.29 is 13.2 Å². The van der Waals surface area contributed by atoms with Crippen molar-refractivity contribution in [3.8, 4) is 0 Å². The van der Waals surface area contributed by atoms with E-state index in [1.54, 1.807) is 0 Å². The fraction of sp³-hybridized carbons (Fsp3) is 0.200. The molecule has 0 saturated heterocycles. The van der Waals surface area contributed by atoms with Gasteiger partial charge in [-0.25, -0.2) is 0 Å². The van der Waals surface area contributed by atoms with E-state index in [4.69, 9.17) is 0 Å². The van der Waals surface area contributed by atoms with Crippen LogP contribution < -0.4 is 5.32 Å². The van der Waals surface area contributed by atoms with E-state index in [0.29, 0.717) is 6.54 Å². The highest BCUT2D eigenvalue weighted by molar-refractivity contribution is 9.10. The molecule has 2 rings (SSSR count). The molecule has 20 heavy (non-hydrogen) atoms. The van der Waals surface area contributed by atoms with E-state index in [0.717, 1.165) is 33.4 Å². The minimum absolute atomic E-state index is 0.472. The SMILES string of the molecule is Cc1cccc(NCc2ccc(C(F)(F)F)cc2)c1Br. The van der Waals surface area contributed by atoms with E-state index in [2.05, 4.69) is 21.2 Å². The van der Waals surface area contributed by atoms with E-state index in [9.17, 15) is 13.2 Å². The lowest BCUT2D eigenvalue weighted by Gasteiger charge is -2.11. The molecular formula is C15H13BrF3N. The summed E-state index contributed by atoms with van der Waals surface area (Å²) in [6, 6.07) is 11.0. The van der Waals surface area contributed by atoms with Gasteiger partial charge >= 0.3 is 6.18 Å². The Hall–Kier alpha value is -1.49. The Kier molecular flexibility index (Phi) is 4.38. The highest BCUT2D eigenvalue weighted by Gasteiger charge is 2.29. The van der Waals surface area contributed by atoms with E-state index >= 15 is 0 Å². The van der Waals surface area contributed by atoms with E-state index in [1.807, 2.05) is 25.1 Å². The summed E-state index contributed by atoms with van der Waals surface area (Å²) in [7, 11) is 0. The van der Waals surface area contributed by atoms with E-state index in [1.165, 1.54) is 12.1 Å². The van der Waals surface area contributed by atoms with Gasteiger partial charge < -0.3 is 5.32 Å². The molecule has 1 nitrogen and oxygen atoms in total. The quantitative estimate of drug-likeness (QED) is 0.787. The Labute approximate surface area is 123 Å². The van der Waals surface area contributed by atoms with Crippen LogP contribution in [0, 0.1) is 6.92 Å². The van der Waals surface area contributed by atoms with Crippen molar-refractivity contribution in [2.24, 2.45) is 0 Å². The summed E-state index contributed by atoms with van der Waals surface area (Å²) in [5.74, 6) is 0. The lowest BCUT2D eigenvalue weighted by atomic mass is 10.1. The predicted octanol–water partition coefficient (Wildman–Crippen LogP) is 5.39. The molecule has 0 aliphatic carbocycles. The second kappa shape index (κ2) is 5.87. The van der Waals surface area contributed by atoms with Crippen LogP contribution in [0.1, 0.15) is 16.7 Å². The maximum atomic E-state index is 12.4. The number of benzene rings is 2. The normalized spacial score (nSPS) is 11.4. The molecule has 2 aromatic rings. The monoisotopic (exact) mass is 343 g/mol. The molecule has 0 amide bonds. The topological polar surface area (TPSA) is 12.0 Å². The molecule has 0 saturated carbocycles. The summed E-state index contributed by atoms with van der Waals surface area (Å²) in [5, 5.41) is 3.20. The number of hydrogen-bond donors (Lipinski definition) is 1. The fourth-order valence-corrected chi connectivity index (χ4v) is 2.20. The molecule has 0 aliphatic heterocycles. The van der Waals surface area contributed by atoms with Crippen molar-refractivity contribution in [3.05, 3.63) is 63.6 Å². The third kappa shape index (κ3) is 3.54. The average Bonchev–Trinajstić information content (AvgIpc) is 2.40. The molecule has 0 aromatic heterocycles. The number of rotatable bonds is 3. The van der Waals surface area contributed by atoms with Crippen LogP contribution in [0.5, 0.6) is 0 Å². The molecule has 106 valence electrons. The third-order valence-electron chi connectivity index (χ3n) is 2.96. The molecule has 0 unspecified atom stereocenters. The zero-order chi connectivity index (χ0) is 14.8. The van der Waals surface area contributed by atoms with Crippen LogP contribution >= 0.6 is 15.9 Å². The highest BCUT2D eigenvalue weighted by Crippen LogP contribution is 2.29. The first kappa shape index (κ1) is 14.9. The van der Waals surface area contributed by atoms with Crippen LogP contribution in [0.4, 0.5) is 18.9 Å². The smallest absolute Gasteiger partial charge is 0.380 e. The van der Waals surface area contributed by atoms with Gasteiger partial charge in [-0.3, -0.25) is 0 Å². The van der Waals surface area contributed by atoms with Gasteiger partial charge in [0.15, 0.2) is 0 Å². The van der Waals surface area contributed by atoms with Crippen LogP contribution in [0.3, 0.4) is 0 Å². The van der Waals surface area contributed by atoms with Crippen molar-refractivity contribution in [1.82, 2.24) is 0 Å². The first-order chi connectivity index (χ1) is 9.38. The summed E-state index contributed by atoms with van der Waals surface area (Å²) in [5.41, 5.74) is 2.19. The largest absolute Gasteiger partial charge is 0.416 e. The number of anilines is 1. The summed E-state index contributed by atoms with van der Waals surface area (Å²) < 4.78 is 38.3. The second-order valence-electron chi connectivity index (χ2n) is 4.48. The number of alkyl halides is 3. The van der Waals surface area contributed by atoms with Crippen molar-refractivity contribution in [1.29, 1.82) is 0 Å². The Morgan fingerprint density at radius 1 is 1.05 bits per heavy atom. The minimum Gasteiger partial charge on any atom is -0.380 e. The zero-order valence-electron chi connectivity index (χ0n) is 10.8. The third-order valence-corrected chi connectivity index (χ3v) is 4.01. The molecule has 0 heterocycles. The van der Waals surface area contributed by atoms with Crippen molar-refractivity contribution in [3.63, 3.8) is 0 Å². The Morgan fingerprint density at radius 2 is 1.70 bits per heavy atom. The molecule has 5 heteroatoms. The van der Waals surface area contributed by atoms with Gasteiger partial charge in [-0.15, -0.1) is 0 Å². The summed E-state index contributed by atoms with van der Waals surface area (Å²) >= 11 is 3.48. The van der Waals surface area contributed by atoms with Crippen molar-refractivity contribution in [2.75, 3.05) is 5.32 Å². The van der Waals surface area contributed by atoms with E-state index < -0.39 is 11.7 Å². The highest BCUT2D eigenvalue weighted by atomic mass is 79.9. The molecule has 2 aromatic carbocycles. The maximum absolute atomic E-state index is 12.4. The summed E-state index contributed by atoms with van der Waals surface area (Å²) in [6.07, 6.45) is -4.29. The van der Waals surface area contributed by atoms with Crippen LogP contribution in [-0.2, 0) is 12.7 Å². The molecule has 0 bridgehead atoms. The summed E-state index contributed by atoms with van der Waals surface area (Å²) in [6.45, 7) is 2.45. The van der Waals surface area contributed by atoms with Gasteiger partial charge in [0.1, 0.15) is 0 Å². The van der Waals surface area contributed by atoms with E-state index in [-0.39, 0.29) is 0 Å². The van der Waals surface area contributed by atoms with Crippen LogP contribution in [0.15, 0.2) is 46.9 Å². The van der Waals surface area contributed by atoms with Crippen LogP contribution in [0.25, 0.3) is 0 Å². The standard InChI is InChI=1S/C15H13BrF3N/c1-10-3-2-4-13(14(10)16)20-9-11-5-7-12(8-6-11)15(17,18)19/h2-8,20H,9H2,1H3. The van der Waals surface area contributed by atoms with Crippen LogP contribution in [-0.4, -0.2) is 0 Å². The van der Waals surface area contributed by atoms with Gasteiger partial charge in [0.2, 0.25) is 0 Å². The summed E-state index contributed by atoms with van der Waals surface area (Å²) in [4.78, 5) is 0.